The summed E-state index contributed by atoms with van der Waals surface area (Å²) in [6, 6.07) is 24.6. The molecule has 0 bridgehead atoms. The van der Waals surface area contributed by atoms with E-state index < -0.39 is 6.10 Å². The van der Waals surface area contributed by atoms with Crippen molar-refractivity contribution in [2.45, 2.75) is 19.4 Å². The summed E-state index contributed by atoms with van der Waals surface area (Å²) < 4.78 is 5.84. The highest BCUT2D eigenvalue weighted by atomic mass is 16.5. The van der Waals surface area contributed by atoms with E-state index in [0.29, 0.717) is 12.5 Å². The molecule has 2 N–H and O–H groups in total. The number of fused-ring (bicyclic) bond motifs is 1. The van der Waals surface area contributed by atoms with E-state index in [2.05, 4.69) is 48.6 Å². The molecule has 0 aliphatic carbocycles. The number of rotatable bonds is 9. The summed E-state index contributed by atoms with van der Waals surface area (Å²) in [5, 5.41) is 15.8. The molecule has 136 valence electrons. The minimum atomic E-state index is -0.530. The number of benzene rings is 3. The minimum Gasteiger partial charge on any atom is -0.490 e. The maximum Gasteiger partial charge on any atom is 0.127 e. The monoisotopic (exact) mass is 349 g/mol. The van der Waals surface area contributed by atoms with Gasteiger partial charge in [-0.05, 0) is 35.9 Å². The highest BCUT2D eigenvalue weighted by Crippen LogP contribution is 2.25. The third-order valence-electron chi connectivity index (χ3n) is 4.48. The molecule has 2 unspecified atom stereocenters. The third-order valence-corrected chi connectivity index (χ3v) is 4.48. The van der Waals surface area contributed by atoms with Gasteiger partial charge in [0.2, 0.25) is 0 Å². The highest BCUT2D eigenvalue weighted by molar-refractivity contribution is 5.88. The van der Waals surface area contributed by atoms with Crippen molar-refractivity contribution in [2.24, 2.45) is 5.92 Å². The number of aliphatic hydroxyl groups is 1. The largest absolute Gasteiger partial charge is 0.490 e. The molecule has 0 amide bonds. The van der Waals surface area contributed by atoms with Crippen LogP contribution in [-0.2, 0) is 6.42 Å². The zero-order valence-corrected chi connectivity index (χ0v) is 15.3. The first-order chi connectivity index (χ1) is 12.7. The van der Waals surface area contributed by atoms with Crippen LogP contribution in [0.2, 0.25) is 0 Å². The van der Waals surface area contributed by atoms with Crippen molar-refractivity contribution in [3.05, 3.63) is 78.4 Å². The van der Waals surface area contributed by atoms with Gasteiger partial charge in [-0.3, -0.25) is 0 Å². The van der Waals surface area contributed by atoms with E-state index in [1.165, 1.54) is 5.56 Å². The van der Waals surface area contributed by atoms with Gasteiger partial charge in [-0.2, -0.15) is 0 Å². The van der Waals surface area contributed by atoms with Crippen LogP contribution in [0.4, 0.5) is 0 Å². The molecular formula is C23H27NO2. The molecule has 3 heteroatoms. The predicted molar refractivity (Wildman–Crippen MR) is 108 cm³/mol. The molecule has 3 aromatic carbocycles. The standard InChI is InChI=1S/C23H27NO2/c1-18(14-19-8-3-2-4-9-19)15-24-16-21(25)17-26-23-13-7-11-20-10-5-6-12-22(20)23/h2-13,18,21,24-25H,14-17H2,1H3. The molecular weight excluding hydrogens is 322 g/mol. The summed E-state index contributed by atoms with van der Waals surface area (Å²) in [5.41, 5.74) is 1.35. The molecule has 0 aromatic heterocycles. The maximum absolute atomic E-state index is 10.2. The molecule has 0 aliphatic rings. The lowest BCUT2D eigenvalue weighted by Gasteiger charge is -2.17. The first kappa shape index (κ1) is 18.4. The zero-order valence-electron chi connectivity index (χ0n) is 15.3. The molecule has 0 spiro atoms. The average Bonchev–Trinajstić information content (AvgIpc) is 2.67. The van der Waals surface area contributed by atoms with Crippen LogP contribution in [0.3, 0.4) is 0 Å². The Kier molecular flexibility index (Phi) is 6.64. The second-order valence-corrected chi connectivity index (χ2v) is 6.90. The summed E-state index contributed by atoms with van der Waals surface area (Å²) in [4.78, 5) is 0. The van der Waals surface area contributed by atoms with E-state index in [-0.39, 0.29) is 6.61 Å². The number of nitrogens with one attached hydrogen (secondary N) is 1. The van der Waals surface area contributed by atoms with Crippen LogP contribution >= 0.6 is 0 Å². The second kappa shape index (κ2) is 9.37. The zero-order chi connectivity index (χ0) is 18.2. The van der Waals surface area contributed by atoms with Crippen LogP contribution in [0, 0.1) is 5.92 Å². The van der Waals surface area contributed by atoms with Crippen LogP contribution in [0.25, 0.3) is 10.8 Å². The fraction of sp³-hybridized carbons (Fsp3) is 0.304. The Hall–Kier alpha value is -2.36. The number of hydrogen-bond acceptors (Lipinski definition) is 3. The normalized spacial score (nSPS) is 13.5. The van der Waals surface area contributed by atoms with Gasteiger partial charge in [-0.25, -0.2) is 0 Å². The van der Waals surface area contributed by atoms with Gasteiger partial charge in [0.25, 0.3) is 0 Å². The fourth-order valence-corrected chi connectivity index (χ4v) is 3.15. The van der Waals surface area contributed by atoms with Crippen LogP contribution in [0.5, 0.6) is 5.75 Å². The Balaban J connectivity index is 1.41. The quantitative estimate of drug-likeness (QED) is 0.612. The summed E-state index contributed by atoms with van der Waals surface area (Å²) in [5.74, 6) is 1.34. The smallest absolute Gasteiger partial charge is 0.127 e. The summed E-state index contributed by atoms with van der Waals surface area (Å²) in [6.45, 7) is 3.91. The number of ether oxygens (including phenoxy) is 1. The fourth-order valence-electron chi connectivity index (χ4n) is 3.15. The van der Waals surface area contributed by atoms with Gasteiger partial charge < -0.3 is 15.2 Å². The molecule has 0 fully saturated rings. The van der Waals surface area contributed by atoms with Crippen molar-refractivity contribution in [1.82, 2.24) is 5.32 Å². The van der Waals surface area contributed by atoms with Crippen LogP contribution < -0.4 is 10.1 Å². The van der Waals surface area contributed by atoms with E-state index in [4.69, 9.17) is 4.74 Å². The third kappa shape index (κ3) is 5.32. The van der Waals surface area contributed by atoms with Gasteiger partial charge in [-0.15, -0.1) is 0 Å². The Bertz CT molecular complexity index is 798. The van der Waals surface area contributed by atoms with Crippen molar-refractivity contribution < 1.29 is 9.84 Å². The Morgan fingerprint density at radius 2 is 1.62 bits per heavy atom. The summed E-state index contributed by atoms with van der Waals surface area (Å²) in [7, 11) is 0. The second-order valence-electron chi connectivity index (χ2n) is 6.90. The van der Waals surface area contributed by atoms with Gasteiger partial charge >= 0.3 is 0 Å². The molecule has 0 radical (unpaired) electrons. The van der Waals surface area contributed by atoms with Crippen molar-refractivity contribution in [2.75, 3.05) is 19.7 Å². The van der Waals surface area contributed by atoms with Crippen molar-refractivity contribution in [3.8, 4) is 5.75 Å². The summed E-state index contributed by atoms with van der Waals surface area (Å²) in [6.07, 6.45) is 0.508. The van der Waals surface area contributed by atoms with Crippen molar-refractivity contribution >= 4 is 10.8 Å². The van der Waals surface area contributed by atoms with Gasteiger partial charge in [0.1, 0.15) is 18.5 Å². The van der Waals surface area contributed by atoms with Gasteiger partial charge in [0.05, 0.1) is 0 Å². The van der Waals surface area contributed by atoms with Gasteiger partial charge in [-0.1, -0.05) is 73.7 Å². The number of aliphatic hydroxyl groups excluding tert-OH is 1. The molecule has 0 aliphatic heterocycles. The van der Waals surface area contributed by atoms with E-state index in [1.807, 2.05) is 36.4 Å². The van der Waals surface area contributed by atoms with Crippen LogP contribution in [-0.4, -0.2) is 30.9 Å². The van der Waals surface area contributed by atoms with E-state index in [1.54, 1.807) is 0 Å². The lowest BCUT2D eigenvalue weighted by atomic mass is 10.0. The van der Waals surface area contributed by atoms with Crippen LogP contribution in [0.15, 0.2) is 72.8 Å². The van der Waals surface area contributed by atoms with Crippen LogP contribution in [0.1, 0.15) is 12.5 Å². The van der Waals surface area contributed by atoms with Crippen molar-refractivity contribution in [1.29, 1.82) is 0 Å². The number of hydrogen-bond donors (Lipinski definition) is 2. The molecule has 0 saturated heterocycles. The van der Waals surface area contributed by atoms with E-state index in [9.17, 15) is 5.11 Å². The Morgan fingerprint density at radius 3 is 2.46 bits per heavy atom. The lowest BCUT2D eigenvalue weighted by molar-refractivity contribution is 0.106. The minimum absolute atomic E-state index is 0.286. The van der Waals surface area contributed by atoms with E-state index >= 15 is 0 Å². The molecule has 0 saturated carbocycles. The highest BCUT2D eigenvalue weighted by Gasteiger charge is 2.09. The maximum atomic E-state index is 10.2. The molecule has 3 rings (SSSR count). The molecule has 2 atom stereocenters. The Labute approximate surface area is 155 Å². The Morgan fingerprint density at radius 1 is 0.885 bits per heavy atom. The van der Waals surface area contributed by atoms with Gasteiger partial charge in [0.15, 0.2) is 0 Å². The first-order valence-corrected chi connectivity index (χ1v) is 9.25. The SMILES string of the molecule is CC(CNCC(O)COc1cccc2ccccc12)Cc1ccccc1. The summed E-state index contributed by atoms with van der Waals surface area (Å²) >= 11 is 0. The van der Waals surface area contributed by atoms with E-state index in [0.717, 1.165) is 29.5 Å². The van der Waals surface area contributed by atoms with Crippen molar-refractivity contribution in [3.63, 3.8) is 0 Å². The van der Waals surface area contributed by atoms with Gasteiger partial charge in [0, 0.05) is 11.9 Å². The average molecular weight is 349 g/mol. The predicted octanol–water partition coefficient (Wildman–Crippen LogP) is 4.05. The molecule has 3 nitrogen and oxygen atoms in total. The first-order valence-electron chi connectivity index (χ1n) is 9.25. The molecule has 0 heterocycles. The lowest BCUT2D eigenvalue weighted by Crippen LogP contribution is -2.34. The topological polar surface area (TPSA) is 41.5 Å². The molecule has 3 aromatic rings. The molecule has 26 heavy (non-hydrogen) atoms.